The van der Waals surface area contributed by atoms with Crippen LogP contribution >= 0.6 is 0 Å². The lowest BCUT2D eigenvalue weighted by Crippen LogP contribution is -2.60. The van der Waals surface area contributed by atoms with Crippen molar-refractivity contribution in [1.82, 2.24) is 0 Å². The van der Waals surface area contributed by atoms with Gasteiger partial charge in [-0.3, -0.25) is 19.2 Å². The normalized spacial score (nSPS) is 41.9. The molecule has 7 atom stereocenters. The Kier molecular flexibility index (Phi) is 6.09. The number of esters is 1. The average molecular weight is 461 g/mol. The second kappa shape index (κ2) is 8.33. The summed E-state index contributed by atoms with van der Waals surface area (Å²) < 4.78 is 5.04. The lowest BCUT2D eigenvalue weighted by Gasteiger charge is -2.61. The van der Waals surface area contributed by atoms with E-state index < -0.39 is 35.3 Å². The number of fused-ring (bicyclic) bond motifs is 5. The molecule has 0 spiro atoms. The second-order valence-electron chi connectivity index (χ2n) is 11.4. The fourth-order valence-corrected chi connectivity index (χ4v) is 8.27. The molecule has 4 aliphatic rings. The van der Waals surface area contributed by atoms with E-state index in [1.54, 1.807) is 0 Å². The lowest BCUT2D eigenvalue weighted by molar-refractivity contribution is -0.175. The summed E-state index contributed by atoms with van der Waals surface area (Å²) in [6, 6.07) is 0. The summed E-state index contributed by atoms with van der Waals surface area (Å²) in [7, 11) is 0. The van der Waals surface area contributed by atoms with Gasteiger partial charge in [0.15, 0.2) is 12.4 Å². The molecule has 0 radical (unpaired) electrons. The maximum absolute atomic E-state index is 13.2. The smallest absolute Gasteiger partial charge is 0.306 e. The first-order valence-corrected chi connectivity index (χ1v) is 12.3. The van der Waals surface area contributed by atoms with Crippen LogP contribution in [0.5, 0.6) is 0 Å². The van der Waals surface area contributed by atoms with E-state index in [9.17, 15) is 24.3 Å². The lowest BCUT2D eigenvalue weighted by atomic mass is 9.43. The van der Waals surface area contributed by atoms with Crippen molar-refractivity contribution in [3.63, 3.8) is 0 Å². The summed E-state index contributed by atoms with van der Waals surface area (Å²) >= 11 is 0. The fraction of sp³-hybridized carbons (Fsp3) is 0.769. The van der Waals surface area contributed by atoms with Crippen molar-refractivity contribution in [2.75, 3.05) is 6.61 Å². The summed E-state index contributed by atoms with van der Waals surface area (Å²) in [5, 5.41) is 20.4. The number of carbonyl (C=O) groups excluding carboxylic acids is 3. The molecule has 0 aromatic rings. The molecule has 0 aromatic carbocycles. The first-order valence-electron chi connectivity index (χ1n) is 12.3. The minimum absolute atomic E-state index is 0.00194. The van der Waals surface area contributed by atoms with Gasteiger partial charge >= 0.3 is 11.9 Å². The molecule has 3 fully saturated rings. The van der Waals surface area contributed by atoms with Crippen LogP contribution in [-0.2, 0) is 23.9 Å². The van der Waals surface area contributed by atoms with Crippen molar-refractivity contribution < 1.29 is 34.1 Å². The monoisotopic (exact) mass is 460 g/mol. The van der Waals surface area contributed by atoms with Crippen molar-refractivity contribution in [2.24, 2.45) is 34.5 Å². The number of ketones is 2. The van der Waals surface area contributed by atoms with E-state index in [4.69, 9.17) is 9.84 Å². The van der Waals surface area contributed by atoms with Gasteiger partial charge in [0.05, 0.1) is 12.8 Å². The number of ether oxygens (including phenoxy) is 1. The topological polar surface area (TPSA) is 118 Å². The van der Waals surface area contributed by atoms with Gasteiger partial charge in [-0.05, 0) is 73.7 Å². The molecule has 0 amide bonds. The highest BCUT2D eigenvalue weighted by Crippen LogP contribution is 2.69. The van der Waals surface area contributed by atoms with Gasteiger partial charge in [-0.25, -0.2) is 0 Å². The Morgan fingerprint density at radius 1 is 1.12 bits per heavy atom. The van der Waals surface area contributed by atoms with E-state index in [2.05, 4.69) is 13.8 Å². The number of rotatable bonds is 6. The molecule has 4 aliphatic carbocycles. The summed E-state index contributed by atoms with van der Waals surface area (Å²) in [6.07, 6.45) is 6.40. The standard InChI is InChI=1S/C26H36O7/c1-15-13-25(3)19(18-5-4-16-12-17(27)8-10-24(16,2)23(15)18)9-11-26(25,32)20(28)14-33-22(31)7-6-21(29)30/h12,15,18-19,23,32H,4-11,13-14H2,1-3H3,(H,29,30)/t15-,18-,19-,23-,24-,25-,26-/m0/s1. The predicted octanol–water partition coefficient (Wildman–Crippen LogP) is 3.47. The SMILES string of the molecule is C[C@H]1C[C@@]2(C)[C@@H](CC[C@]2(O)C(=O)COC(=O)CCC(=O)O)[C@@H]2CCC3=CC(=O)CC[C@]3(C)[C@H]21. The van der Waals surface area contributed by atoms with Gasteiger partial charge < -0.3 is 14.9 Å². The zero-order valence-electron chi connectivity index (χ0n) is 19.9. The third-order valence-corrected chi connectivity index (χ3v) is 9.73. The van der Waals surface area contributed by atoms with E-state index in [0.717, 1.165) is 25.7 Å². The summed E-state index contributed by atoms with van der Waals surface area (Å²) in [6.45, 7) is 6.04. The van der Waals surface area contributed by atoms with Crippen LogP contribution in [-0.4, -0.2) is 45.9 Å². The highest BCUT2D eigenvalue weighted by atomic mass is 16.5. The molecule has 0 saturated heterocycles. The number of carboxylic acids is 1. The van der Waals surface area contributed by atoms with E-state index in [-0.39, 0.29) is 35.9 Å². The number of carboxylic acid groups (broad SMARTS) is 1. The van der Waals surface area contributed by atoms with Crippen molar-refractivity contribution in [2.45, 2.75) is 84.2 Å². The van der Waals surface area contributed by atoms with Crippen LogP contribution < -0.4 is 0 Å². The van der Waals surface area contributed by atoms with Gasteiger partial charge in [-0.15, -0.1) is 0 Å². The number of aliphatic hydroxyl groups is 1. The maximum atomic E-state index is 13.2. The Morgan fingerprint density at radius 2 is 1.85 bits per heavy atom. The molecule has 33 heavy (non-hydrogen) atoms. The average Bonchev–Trinajstić information content (AvgIpc) is 3.02. The molecule has 0 heterocycles. The van der Waals surface area contributed by atoms with E-state index in [0.29, 0.717) is 31.1 Å². The quantitative estimate of drug-likeness (QED) is 0.583. The van der Waals surface area contributed by atoms with E-state index >= 15 is 0 Å². The number of hydrogen-bond donors (Lipinski definition) is 2. The van der Waals surface area contributed by atoms with Gasteiger partial charge in [0, 0.05) is 11.8 Å². The predicted molar refractivity (Wildman–Crippen MR) is 119 cm³/mol. The first-order chi connectivity index (χ1) is 15.4. The Labute approximate surface area is 194 Å². The van der Waals surface area contributed by atoms with Crippen molar-refractivity contribution in [1.29, 1.82) is 0 Å². The molecule has 0 aromatic heterocycles. The second-order valence-corrected chi connectivity index (χ2v) is 11.4. The molecule has 0 aliphatic heterocycles. The van der Waals surface area contributed by atoms with Crippen LogP contribution in [0.25, 0.3) is 0 Å². The summed E-state index contributed by atoms with van der Waals surface area (Å²) in [4.78, 5) is 47.7. The summed E-state index contributed by atoms with van der Waals surface area (Å²) in [5.74, 6) is -0.794. The highest BCUT2D eigenvalue weighted by Gasteiger charge is 2.67. The van der Waals surface area contributed by atoms with Gasteiger partial charge in [0.1, 0.15) is 5.60 Å². The van der Waals surface area contributed by atoms with Crippen LogP contribution in [0.1, 0.15) is 78.6 Å². The highest BCUT2D eigenvalue weighted by molar-refractivity contribution is 5.92. The third-order valence-electron chi connectivity index (χ3n) is 9.73. The zero-order chi connectivity index (χ0) is 24.2. The zero-order valence-corrected chi connectivity index (χ0v) is 19.9. The van der Waals surface area contributed by atoms with Crippen molar-refractivity contribution in [3.05, 3.63) is 11.6 Å². The van der Waals surface area contributed by atoms with Crippen LogP contribution in [0.15, 0.2) is 11.6 Å². The number of hydrogen-bond acceptors (Lipinski definition) is 6. The molecular weight excluding hydrogens is 424 g/mol. The minimum atomic E-state index is -1.55. The van der Waals surface area contributed by atoms with E-state index in [1.807, 2.05) is 13.0 Å². The molecule has 182 valence electrons. The van der Waals surface area contributed by atoms with Crippen molar-refractivity contribution >= 4 is 23.5 Å². The van der Waals surface area contributed by atoms with Gasteiger partial charge in [0.25, 0.3) is 0 Å². The van der Waals surface area contributed by atoms with Gasteiger partial charge in [-0.1, -0.05) is 26.3 Å². The number of allylic oxidation sites excluding steroid dienone is 1. The molecule has 7 nitrogen and oxygen atoms in total. The molecular formula is C26H36O7. The van der Waals surface area contributed by atoms with Crippen LogP contribution in [0.4, 0.5) is 0 Å². The number of carbonyl (C=O) groups is 4. The Morgan fingerprint density at radius 3 is 2.55 bits per heavy atom. The number of Topliss-reactive ketones (excluding diaryl/α,β-unsaturated/α-hetero) is 1. The maximum Gasteiger partial charge on any atom is 0.306 e. The Balaban J connectivity index is 1.53. The Hall–Kier alpha value is -2.02. The molecule has 2 N–H and O–H groups in total. The van der Waals surface area contributed by atoms with E-state index in [1.165, 1.54) is 5.57 Å². The molecule has 0 bridgehead atoms. The first kappa shape index (κ1) is 24.1. The molecule has 7 heteroatoms. The van der Waals surface area contributed by atoms with Gasteiger partial charge in [0.2, 0.25) is 5.78 Å². The van der Waals surface area contributed by atoms with Crippen LogP contribution in [0.3, 0.4) is 0 Å². The Bertz CT molecular complexity index is 906. The molecule has 3 saturated carbocycles. The minimum Gasteiger partial charge on any atom is -0.481 e. The largest absolute Gasteiger partial charge is 0.481 e. The fourth-order valence-electron chi connectivity index (χ4n) is 8.27. The van der Waals surface area contributed by atoms with Crippen molar-refractivity contribution in [3.8, 4) is 0 Å². The summed E-state index contributed by atoms with van der Waals surface area (Å²) in [5.41, 5.74) is -0.862. The van der Waals surface area contributed by atoms with Gasteiger partial charge in [-0.2, -0.15) is 0 Å². The van der Waals surface area contributed by atoms with Crippen LogP contribution in [0.2, 0.25) is 0 Å². The number of aliphatic carboxylic acids is 1. The molecule has 4 rings (SSSR count). The third kappa shape index (κ3) is 3.76. The molecule has 0 unspecified atom stereocenters. The van der Waals surface area contributed by atoms with Crippen LogP contribution in [0, 0.1) is 34.5 Å².